The van der Waals surface area contributed by atoms with Crippen LogP contribution in [0.1, 0.15) is 39.8 Å². The SMILES string of the molecule is FC(F)(F)c1ccc(C(c2ccc(C(F)(F)F)cc2)=c2ccc3c(c2C2=CC=CC2)-c2c(c4ccccc4c4ccccc24)[C-]=3)cc1.[Cl-].[Cl-].[Zr+3]. The van der Waals surface area contributed by atoms with Gasteiger partial charge in [0.25, 0.3) is 0 Å². The number of fused-ring (bicyclic) bond motifs is 8. The molecule has 247 valence electrons. The summed E-state index contributed by atoms with van der Waals surface area (Å²) >= 11 is 0. The third-order valence-electron chi connectivity index (χ3n) is 9.01. The maximum absolute atomic E-state index is 13.6. The monoisotopic (exact) mass is 789 g/mol. The molecule has 0 unspecified atom stereocenters. The number of hydrogen-bond acceptors (Lipinski definition) is 0. The molecule has 0 nitrogen and oxygen atoms in total. The van der Waals surface area contributed by atoms with E-state index in [0.717, 1.165) is 78.9 Å². The van der Waals surface area contributed by atoms with Gasteiger partial charge in [-0.15, -0.1) is 28.5 Å². The Labute approximate surface area is 315 Å². The van der Waals surface area contributed by atoms with Gasteiger partial charge in [0, 0.05) is 0 Å². The smallest absolute Gasteiger partial charge is 1.00 e. The van der Waals surface area contributed by atoms with Crippen LogP contribution in [0.3, 0.4) is 0 Å². The zero-order valence-electron chi connectivity index (χ0n) is 25.9. The molecular formula is C41H23Cl2F6Zr. The Kier molecular flexibility index (Phi) is 10.5. The number of benzene rings is 6. The average molecular weight is 792 g/mol. The first kappa shape index (κ1) is 37.4. The predicted molar refractivity (Wildman–Crippen MR) is 175 cm³/mol. The Bertz CT molecular complexity index is 2380. The van der Waals surface area contributed by atoms with Crippen molar-refractivity contribution in [1.29, 1.82) is 0 Å². The number of alkyl halides is 6. The Hall–Kier alpha value is -3.90. The van der Waals surface area contributed by atoms with E-state index in [1.807, 2.05) is 54.6 Å². The van der Waals surface area contributed by atoms with Gasteiger partial charge in [-0.05, 0) is 74.5 Å². The van der Waals surface area contributed by atoms with Crippen molar-refractivity contribution in [3.63, 3.8) is 0 Å². The summed E-state index contributed by atoms with van der Waals surface area (Å²) in [6.07, 6.45) is 1.25. The third kappa shape index (κ3) is 6.29. The van der Waals surface area contributed by atoms with Crippen molar-refractivity contribution >= 4 is 38.8 Å². The first-order valence-electron chi connectivity index (χ1n) is 15.1. The molecule has 2 aliphatic carbocycles. The molecule has 0 fully saturated rings. The fourth-order valence-electron chi connectivity index (χ4n) is 6.94. The van der Waals surface area contributed by atoms with E-state index in [-0.39, 0.29) is 51.0 Å². The van der Waals surface area contributed by atoms with Gasteiger partial charge in [0.05, 0.1) is 11.1 Å². The van der Waals surface area contributed by atoms with Gasteiger partial charge in [0.1, 0.15) is 0 Å². The summed E-state index contributed by atoms with van der Waals surface area (Å²) in [6.45, 7) is 0. The van der Waals surface area contributed by atoms with Gasteiger partial charge >= 0.3 is 38.6 Å². The molecule has 2 aliphatic rings. The summed E-state index contributed by atoms with van der Waals surface area (Å²) in [6, 6.07) is 29.9. The van der Waals surface area contributed by atoms with Crippen LogP contribution in [-0.2, 0) is 38.6 Å². The molecule has 0 bridgehead atoms. The molecular weight excluding hydrogens is 769 g/mol. The zero-order valence-corrected chi connectivity index (χ0v) is 29.8. The minimum Gasteiger partial charge on any atom is -1.00 e. The molecule has 0 amide bonds. The zero-order chi connectivity index (χ0) is 32.5. The molecule has 0 atom stereocenters. The summed E-state index contributed by atoms with van der Waals surface area (Å²) in [7, 11) is 0. The topological polar surface area (TPSA) is 0 Å². The molecule has 0 N–H and O–H groups in total. The minimum atomic E-state index is -4.54. The van der Waals surface area contributed by atoms with Crippen molar-refractivity contribution in [3.8, 4) is 11.1 Å². The van der Waals surface area contributed by atoms with E-state index in [0.29, 0.717) is 28.3 Å². The van der Waals surface area contributed by atoms with Crippen LogP contribution in [0.15, 0.2) is 127 Å². The molecule has 0 aromatic heterocycles. The van der Waals surface area contributed by atoms with Crippen LogP contribution in [0.5, 0.6) is 0 Å². The van der Waals surface area contributed by atoms with Crippen molar-refractivity contribution in [2.45, 2.75) is 18.8 Å². The molecule has 0 saturated heterocycles. The van der Waals surface area contributed by atoms with Gasteiger partial charge < -0.3 is 24.8 Å². The quantitative estimate of drug-likeness (QED) is 0.142. The van der Waals surface area contributed by atoms with Gasteiger partial charge in [-0.1, -0.05) is 113 Å². The second-order valence-electron chi connectivity index (χ2n) is 11.7. The second kappa shape index (κ2) is 14.0. The van der Waals surface area contributed by atoms with Crippen LogP contribution in [0.25, 0.3) is 49.9 Å². The molecule has 0 aliphatic heterocycles. The van der Waals surface area contributed by atoms with Crippen molar-refractivity contribution < 1.29 is 77.4 Å². The van der Waals surface area contributed by atoms with Crippen LogP contribution in [-0.4, -0.2) is 0 Å². The van der Waals surface area contributed by atoms with Crippen LogP contribution >= 0.6 is 0 Å². The van der Waals surface area contributed by atoms with E-state index in [9.17, 15) is 26.3 Å². The van der Waals surface area contributed by atoms with E-state index >= 15 is 0 Å². The molecule has 6 aromatic carbocycles. The molecule has 0 heterocycles. The van der Waals surface area contributed by atoms with E-state index in [1.54, 1.807) is 0 Å². The largest absolute Gasteiger partial charge is 3.00 e. The van der Waals surface area contributed by atoms with E-state index in [1.165, 1.54) is 24.3 Å². The van der Waals surface area contributed by atoms with E-state index in [4.69, 9.17) is 0 Å². The second-order valence-corrected chi connectivity index (χ2v) is 11.7. The Balaban J connectivity index is 0.00000162. The van der Waals surface area contributed by atoms with Crippen LogP contribution in [0.4, 0.5) is 26.3 Å². The van der Waals surface area contributed by atoms with Gasteiger partial charge in [0.2, 0.25) is 0 Å². The van der Waals surface area contributed by atoms with Gasteiger partial charge in [-0.2, -0.15) is 26.3 Å². The molecule has 8 rings (SSSR count). The number of halogens is 8. The Morgan fingerprint density at radius 1 is 0.540 bits per heavy atom. The number of hydrogen-bond donors (Lipinski definition) is 0. The molecule has 50 heavy (non-hydrogen) atoms. The summed E-state index contributed by atoms with van der Waals surface area (Å²) in [5.74, 6) is 0. The molecule has 0 spiro atoms. The van der Waals surface area contributed by atoms with E-state index < -0.39 is 23.5 Å². The van der Waals surface area contributed by atoms with Crippen molar-refractivity contribution in [1.82, 2.24) is 0 Å². The van der Waals surface area contributed by atoms with Crippen LogP contribution in [0, 0.1) is 0 Å². The molecule has 1 radical (unpaired) electrons. The third-order valence-corrected chi connectivity index (χ3v) is 9.01. The Morgan fingerprint density at radius 3 is 1.54 bits per heavy atom. The normalized spacial score (nSPS) is 13.0. The summed E-state index contributed by atoms with van der Waals surface area (Å²) < 4.78 is 81.5. The molecule has 6 aromatic rings. The first-order chi connectivity index (χ1) is 22.6. The van der Waals surface area contributed by atoms with Crippen LogP contribution in [0.2, 0.25) is 0 Å². The van der Waals surface area contributed by atoms with Gasteiger partial charge in [-0.25, -0.2) is 0 Å². The summed E-state index contributed by atoms with van der Waals surface area (Å²) in [5.41, 5.74) is 4.65. The number of rotatable bonds is 3. The standard InChI is InChI=1S/C41H23F6.2ClH.Zr/c42-40(43,44)28-18-13-25(14-19-28)36(26-15-20-29(21-16-26)41(45,46)47)34-22-17-27-23-35-32-11-4-3-9-30(32)31-10-5-6-12-33(31)39(35)38(27)37(34)24-7-1-2-8-24;;;/h1-7,9-22H,8H2;2*1H;/q-1;;;+3/p-2. The predicted octanol–water partition coefficient (Wildman–Crippen LogP) is 4.31. The van der Waals surface area contributed by atoms with Gasteiger partial charge in [-0.3, -0.25) is 0 Å². The summed E-state index contributed by atoms with van der Waals surface area (Å²) in [5, 5.41) is 5.88. The average Bonchev–Trinajstić information content (AvgIpc) is 3.74. The minimum absolute atomic E-state index is 0. The first-order valence-corrected chi connectivity index (χ1v) is 15.1. The Morgan fingerprint density at radius 2 is 1.04 bits per heavy atom. The fourth-order valence-corrected chi connectivity index (χ4v) is 6.94. The van der Waals surface area contributed by atoms with Crippen molar-refractivity contribution in [2.75, 3.05) is 0 Å². The maximum Gasteiger partial charge on any atom is 3.00 e. The maximum atomic E-state index is 13.6. The fraction of sp³-hybridized carbons (Fsp3) is 0.0732. The summed E-state index contributed by atoms with van der Waals surface area (Å²) in [4.78, 5) is 0. The van der Waals surface area contributed by atoms with Crippen molar-refractivity contribution in [2.24, 2.45) is 0 Å². The molecule has 9 heteroatoms. The molecule has 0 saturated carbocycles. The van der Waals surface area contributed by atoms with Gasteiger partial charge in [0.15, 0.2) is 0 Å². The van der Waals surface area contributed by atoms with Crippen molar-refractivity contribution in [3.05, 3.63) is 171 Å². The number of allylic oxidation sites excluding steroid dienone is 4. The van der Waals surface area contributed by atoms with Crippen LogP contribution < -0.4 is 35.3 Å². The van der Waals surface area contributed by atoms with E-state index in [2.05, 4.69) is 30.3 Å².